The average molecular weight is 339 g/mol. The molecule has 2 heterocycles. The molecule has 1 aromatic carbocycles. The molecule has 130 valence electrons. The lowest BCUT2D eigenvalue weighted by molar-refractivity contribution is -0.129. The second-order valence-corrected chi connectivity index (χ2v) is 6.06. The van der Waals surface area contributed by atoms with Crippen molar-refractivity contribution in [2.45, 2.75) is 19.5 Å². The van der Waals surface area contributed by atoms with E-state index in [0.29, 0.717) is 19.6 Å². The molecule has 6 nitrogen and oxygen atoms in total. The van der Waals surface area contributed by atoms with Crippen LogP contribution in [0.3, 0.4) is 0 Å². The number of ether oxygens (including phenoxy) is 1. The number of carbonyl (C=O) groups excluding carboxylic acids is 2. The zero-order chi connectivity index (χ0) is 17.6. The number of nitrogens with zero attached hydrogens (tertiary/aromatic N) is 2. The maximum atomic E-state index is 12.3. The summed E-state index contributed by atoms with van der Waals surface area (Å²) in [7, 11) is 1.62. The van der Waals surface area contributed by atoms with E-state index < -0.39 is 0 Å². The number of hydrogen-bond donors (Lipinski definition) is 1. The molecule has 0 spiro atoms. The van der Waals surface area contributed by atoms with E-state index in [9.17, 15) is 9.59 Å². The van der Waals surface area contributed by atoms with Crippen LogP contribution in [0.1, 0.15) is 17.7 Å². The number of hydrogen-bond acceptors (Lipinski definition) is 4. The molecule has 0 radical (unpaired) electrons. The van der Waals surface area contributed by atoms with Crippen molar-refractivity contribution < 1.29 is 14.3 Å². The van der Waals surface area contributed by atoms with E-state index in [1.54, 1.807) is 18.2 Å². The number of likely N-dealkylation sites (tertiary alicyclic amines) is 1. The van der Waals surface area contributed by atoms with Gasteiger partial charge in [0.15, 0.2) is 0 Å². The van der Waals surface area contributed by atoms with Gasteiger partial charge in [-0.05, 0) is 29.8 Å². The summed E-state index contributed by atoms with van der Waals surface area (Å²) in [6, 6.07) is 13.2. The van der Waals surface area contributed by atoms with E-state index >= 15 is 0 Å². The maximum absolute atomic E-state index is 12.3. The van der Waals surface area contributed by atoms with Gasteiger partial charge < -0.3 is 15.0 Å². The number of benzene rings is 1. The van der Waals surface area contributed by atoms with Gasteiger partial charge in [0.1, 0.15) is 5.75 Å². The van der Waals surface area contributed by atoms with Crippen LogP contribution in [-0.4, -0.2) is 35.4 Å². The Hall–Kier alpha value is -2.89. The third-order valence-electron chi connectivity index (χ3n) is 4.29. The van der Waals surface area contributed by atoms with Crippen molar-refractivity contribution in [3.8, 4) is 5.75 Å². The molecular formula is C19H21N3O3. The van der Waals surface area contributed by atoms with Gasteiger partial charge in [0.25, 0.3) is 0 Å². The zero-order valence-electron chi connectivity index (χ0n) is 14.1. The van der Waals surface area contributed by atoms with Gasteiger partial charge in [-0.25, -0.2) is 0 Å². The molecule has 0 unspecified atom stereocenters. The minimum atomic E-state index is -0.311. The number of carbonyl (C=O) groups is 2. The molecule has 0 aliphatic carbocycles. The summed E-state index contributed by atoms with van der Waals surface area (Å²) in [6.07, 6.45) is 1.95. The van der Waals surface area contributed by atoms with Crippen LogP contribution in [0.5, 0.6) is 5.75 Å². The van der Waals surface area contributed by atoms with E-state index in [1.807, 2.05) is 42.5 Å². The molecule has 0 saturated carbocycles. The number of pyridine rings is 1. The number of methoxy groups -OCH3 is 1. The van der Waals surface area contributed by atoms with Crippen LogP contribution in [0, 0.1) is 5.92 Å². The van der Waals surface area contributed by atoms with E-state index in [1.165, 1.54) is 0 Å². The summed E-state index contributed by atoms with van der Waals surface area (Å²) in [5.41, 5.74) is 1.82. The molecule has 6 heteroatoms. The van der Waals surface area contributed by atoms with Crippen LogP contribution in [0.15, 0.2) is 48.7 Å². The molecule has 1 fully saturated rings. The molecule has 1 aromatic heterocycles. The average Bonchev–Trinajstić information content (AvgIpc) is 3.02. The first-order chi connectivity index (χ1) is 12.2. The van der Waals surface area contributed by atoms with Crippen molar-refractivity contribution in [2.75, 3.05) is 13.7 Å². The molecule has 25 heavy (non-hydrogen) atoms. The lowest BCUT2D eigenvalue weighted by Gasteiger charge is -2.17. The first-order valence-corrected chi connectivity index (χ1v) is 8.24. The minimum Gasteiger partial charge on any atom is -0.497 e. The normalized spacial score (nSPS) is 16.8. The van der Waals surface area contributed by atoms with Gasteiger partial charge in [-0.15, -0.1) is 0 Å². The minimum absolute atomic E-state index is 0.00815. The van der Waals surface area contributed by atoms with Crippen LogP contribution in [0.25, 0.3) is 0 Å². The highest BCUT2D eigenvalue weighted by atomic mass is 16.5. The van der Waals surface area contributed by atoms with Crippen molar-refractivity contribution in [1.82, 2.24) is 15.2 Å². The maximum Gasteiger partial charge on any atom is 0.225 e. The standard InChI is InChI=1S/C19H21N3O3/c1-25-17-7-5-14(6-8-17)12-22-13-15(10-18(22)23)19(24)21-11-16-4-2-3-9-20-16/h2-9,15H,10-13H2,1H3,(H,21,24)/t15-/m0/s1. The van der Waals surface area contributed by atoms with Crippen molar-refractivity contribution in [3.63, 3.8) is 0 Å². The second kappa shape index (κ2) is 7.79. The molecule has 1 atom stereocenters. The van der Waals surface area contributed by atoms with Crippen molar-refractivity contribution in [2.24, 2.45) is 5.92 Å². The summed E-state index contributed by atoms with van der Waals surface area (Å²) in [5.74, 6) is 0.378. The molecular weight excluding hydrogens is 318 g/mol. The van der Waals surface area contributed by atoms with Crippen LogP contribution in [0.2, 0.25) is 0 Å². The molecule has 1 aliphatic heterocycles. The van der Waals surface area contributed by atoms with Gasteiger partial charge in [-0.1, -0.05) is 18.2 Å². The molecule has 1 N–H and O–H groups in total. The highest BCUT2D eigenvalue weighted by Gasteiger charge is 2.34. The van der Waals surface area contributed by atoms with E-state index in [0.717, 1.165) is 17.0 Å². The smallest absolute Gasteiger partial charge is 0.225 e. The molecule has 1 saturated heterocycles. The molecule has 2 amide bonds. The highest BCUT2D eigenvalue weighted by molar-refractivity contribution is 5.89. The molecule has 2 aromatic rings. The number of nitrogens with one attached hydrogen (secondary N) is 1. The number of amides is 2. The van der Waals surface area contributed by atoms with Gasteiger partial charge >= 0.3 is 0 Å². The Morgan fingerprint density at radius 1 is 1.28 bits per heavy atom. The summed E-state index contributed by atoms with van der Waals surface area (Å²) in [5, 5.41) is 2.86. The van der Waals surface area contributed by atoms with Crippen molar-refractivity contribution in [1.29, 1.82) is 0 Å². The largest absolute Gasteiger partial charge is 0.497 e. The van der Waals surface area contributed by atoms with Gasteiger partial charge in [0, 0.05) is 25.7 Å². The Kier molecular flexibility index (Phi) is 5.28. The molecule has 1 aliphatic rings. The van der Waals surface area contributed by atoms with Crippen LogP contribution in [0.4, 0.5) is 0 Å². The Balaban J connectivity index is 1.53. The number of rotatable bonds is 6. The van der Waals surface area contributed by atoms with Gasteiger partial charge in [0.05, 0.1) is 25.3 Å². The predicted octanol–water partition coefficient (Wildman–Crippen LogP) is 1.76. The summed E-state index contributed by atoms with van der Waals surface area (Å²) in [4.78, 5) is 30.4. The monoisotopic (exact) mass is 339 g/mol. The topological polar surface area (TPSA) is 71.5 Å². The van der Waals surface area contributed by atoms with Crippen molar-refractivity contribution in [3.05, 3.63) is 59.9 Å². The first kappa shape index (κ1) is 17.0. The van der Waals surface area contributed by atoms with Crippen molar-refractivity contribution >= 4 is 11.8 Å². The molecule has 0 bridgehead atoms. The Morgan fingerprint density at radius 3 is 2.76 bits per heavy atom. The quantitative estimate of drug-likeness (QED) is 0.870. The first-order valence-electron chi connectivity index (χ1n) is 8.24. The Labute approximate surface area is 146 Å². The molecule has 3 rings (SSSR count). The SMILES string of the molecule is COc1ccc(CN2C[C@@H](C(=O)NCc3ccccn3)CC2=O)cc1. The van der Waals surface area contributed by atoms with Crippen LogP contribution in [-0.2, 0) is 22.7 Å². The predicted molar refractivity (Wildman–Crippen MR) is 92.6 cm³/mol. The highest BCUT2D eigenvalue weighted by Crippen LogP contribution is 2.21. The lowest BCUT2D eigenvalue weighted by Crippen LogP contribution is -2.32. The van der Waals surface area contributed by atoms with E-state index in [4.69, 9.17) is 4.74 Å². The van der Waals surface area contributed by atoms with Crippen LogP contribution < -0.4 is 10.1 Å². The fourth-order valence-electron chi connectivity index (χ4n) is 2.88. The third-order valence-corrected chi connectivity index (χ3v) is 4.29. The fourth-order valence-corrected chi connectivity index (χ4v) is 2.88. The van der Waals surface area contributed by atoms with Gasteiger partial charge in [-0.3, -0.25) is 14.6 Å². The Morgan fingerprint density at radius 2 is 2.08 bits per heavy atom. The summed E-state index contributed by atoms with van der Waals surface area (Å²) >= 11 is 0. The Bertz CT molecular complexity index is 731. The summed E-state index contributed by atoms with van der Waals surface area (Å²) in [6.45, 7) is 1.33. The van der Waals surface area contributed by atoms with Gasteiger partial charge in [0.2, 0.25) is 11.8 Å². The van der Waals surface area contributed by atoms with E-state index in [-0.39, 0.29) is 24.2 Å². The third kappa shape index (κ3) is 4.35. The fraction of sp³-hybridized carbons (Fsp3) is 0.316. The van der Waals surface area contributed by atoms with Crippen LogP contribution >= 0.6 is 0 Å². The zero-order valence-corrected chi connectivity index (χ0v) is 14.1. The van der Waals surface area contributed by atoms with E-state index in [2.05, 4.69) is 10.3 Å². The second-order valence-electron chi connectivity index (χ2n) is 6.06. The number of aromatic nitrogens is 1. The van der Waals surface area contributed by atoms with Gasteiger partial charge in [-0.2, -0.15) is 0 Å². The summed E-state index contributed by atoms with van der Waals surface area (Å²) < 4.78 is 5.13. The lowest BCUT2D eigenvalue weighted by atomic mass is 10.1.